The van der Waals surface area contributed by atoms with E-state index in [0.29, 0.717) is 12.8 Å². The Labute approximate surface area is 71.2 Å². The predicted octanol–water partition coefficient (Wildman–Crippen LogP) is -0.489. The van der Waals surface area contributed by atoms with Gasteiger partial charge in [0.05, 0.1) is 12.2 Å². The first kappa shape index (κ1) is 8.01. The third kappa shape index (κ3) is 1.11. The highest BCUT2D eigenvalue weighted by Crippen LogP contribution is 2.36. The lowest BCUT2D eigenvalue weighted by Crippen LogP contribution is -2.57. The second-order valence-corrected chi connectivity index (χ2v) is 3.89. The van der Waals surface area contributed by atoms with Gasteiger partial charge < -0.3 is 16.2 Å². The van der Waals surface area contributed by atoms with Gasteiger partial charge in [0.25, 0.3) is 0 Å². The molecule has 4 N–H and O–H groups in total. The molecule has 12 heavy (non-hydrogen) atoms. The number of nitrogens with two attached hydrogens (primary N) is 2. The van der Waals surface area contributed by atoms with Crippen molar-refractivity contribution in [1.82, 2.24) is 0 Å². The van der Waals surface area contributed by atoms with E-state index in [0.717, 1.165) is 12.8 Å². The third-order valence-electron chi connectivity index (χ3n) is 2.87. The van der Waals surface area contributed by atoms with Gasteiger partial charge in [-0.15, -0.1) is 0 Å². The number of carbonyl (C=O) groups is 1. The number of hydrogen-bond donors (Lipinski definition) is 2. The Morgan fingerprint density at radius 3 is 2.25 bits per heavy atom. The van der Waals surface area contributed by atoms with E-state index in [1.165, 1.54) is 0 Å². The zero-order valence-corrected chi connectivity index (χ0v) is 6.95. The molecule has 0 radical (unpaired) electrons. The summed E-state index contributed by atoms with van der Waals surface area (Å²) in [5.74, 6) is -0.386. The molecule has 0 spiro atoms. The van der Waals surface area contributed by atoms with Crippen LogP contribution in [0.5, 0.6) is 0 Å². The number of hydrogen-bond acceptors (Lipinski definition) is 3. The molecule has 68 valence electrons. The van der Waals surface area contributed by atoms with Crippen molar-refractivity contribution in [2.45, 2.75) is 43.4 Å². The van der Waals surface area contributed by atoms with E-state index in [1.807, 2.05) is 0 Å². The lowest BCUT2D eigenvalue weighted by atomic mass is 9.87. The van der Waals surface area contributed by atoms with Gasteiger partial charge in [-0.2, -0.15) is 0 Å². The van der Waals surface area contributed by atoms with Crippen LogP contribution in [0.15, 0.2) is 0 Å². The minimum atomic E-state index is -0.802. The molecule has 0 aromatic heterocycles. The van der Waals surface area contributed by atoms with Gasteiger partial charge in [-0.1, -0.05) is 0 Å². The monoisotopic (exact) mass is 170 g/mol. The van der Waals surface area contributed by atoms with E-state index in [1.54, 1.807) is 0 Å². The van der Waals surface area contributed by atoms with E-state index in [2.05, 4.69) is 0 Å². The van der Waals surface area contributed by atoms with Gasteiger partial charge in [-0.3, -0.25) is 4.79 Å². The predicted molar refractivity (Wildman–Crippen MR) is 43.2 cm³/mol. The Balaban J connectivity index is 2.15. The summed E-state index contributed by atoms with van der Waals surface area (Å²) in [7, 11) is 0. The molecule has 0 aromatic rings. The number of fused-ring (bicyclic) bond motifs is 2. The zero-order chi connectivity index (χ0) is 8.77. The van der Waals surface area contributed by atoms with Gasteiger partial charge in [0.15, 0.2) is 0 Å². The normalized spacial score (nSPS) is 46.1. The van der Waals surface area contributed by atoms with Crippen LogP contribution in [0.2, 0.25) is 0 Å². The molecular weight excluding hydrogens is 156 g/mol. The Kier molecular flexibility index (Phi) is 1.63. The summed E-state index contributed by atoms with van der Waals surface area (Å²) >= 11 is 0. The molecule has 2 unspecified atom stereocenters. The lowest BCUT2D eigenvalue weighted by Gasteiger charge is -2.34. The SMILES string of the molecule is NC(=O)C1(N)CC2CCC(C1)O2. The molecule has 0 saturated carbocycles. The highest BCUT2D eigenvalue weighted by Gasteiger charge is 2.45. The Morgan fingerprint density at radius 1 is 1.33 bits per heavy atom. The Bertz CT molecular complexity index is 205. The van der Waals surface area contributed by atoms with Crippen molar-refractivity contribution in [2.24, 2.45) is 11.5 Å². The van der Waals surface area contributed by atoms with Gasteiger partial charge in [0, 0.05) is 12.8 Å². The number of amides is 1. The summed E-state index contributed by atoms with van der Waals surface area (Å²) < 4.78 is 5.56. The van der Waals surface area contributed by atoms with E-state index in [9.17, 15) is 4.79 Å². The second-order valence-electron chi connectivity index (χ2n) is 3.89. The molecule has 1 amide bonds. The van der Waals surface area contributed by atoms with E-state index in [-0.39, 0.29) is 18.1 Å². The van der Waals surface area contributed by atoms with Crippen molar-refractivity contribution in [3.8, 4) is 0 Å². The minimum absolute atomic E-state index is 0.168. The van der Waals surface area contributed by atoms with E-state index in [4.69, 9.17) is 16.2 Å². The van der Waals surface area contributed by atoms with Gasteiger partial charge in [-0.05, 0) is 12.8 Å². The molecule has 2 atom stereocenters. The topological polar surface area (TPSA) is 78.3 Å². The maximum atomic E-state index is 11.0. The van der Waals surface area contributed by atoms with Gasteiger partial charge in [0.1, 0.15) is 5.54 Å². The van der Waals surface area contributed by atoms with Gasteiger partial charge >= 0.3 is 0 Å². The minimum Gasteiger partial charge on any atom is -0.375 e. The molecule has 2 fully saturated rings. The Morgan fingerprint density at radius 2 is 1.83 bits per heavy atom. The summed E-state index contributed by atoms with van der Waals surface area (Å²) in [6, 6.07) is 0. The van der Waals surface area contributed by atoms with Crippen LogP contribution < -0.4 is 11.5 Å². The molecule has 2 heterocycles. The highest BCUT2D eigenvalue weighted by molar-refractivity contribution is 5.84. The largest absolute Gasteiger partial charge is 0.375 e. The Hall–Kier alpha value is -0.610. The molecule has 4 heteroatoms. The van der Waals surface area contributed by atoms with Crippen LogP contribution in [-0.4, -0.2) is 23.7 Å². The van der Waals surface area contributed by atoms with Crippen molar-refractivity contribution in [1.29, 1.82) is 0 Å². The molecule has 2 saturated heterocycles. The van der Waals surface area contributed by atoms with Gasteiger partial charge in [-0.25, -0.2) is 0 Å². The van der Waals surface area contributed by atoms with Crippen molar-refractivity contribution in [3.05, 3.63) is 0 Å². The average Bonchev–Trinajstić information content (AvgIpc) is 2.30. The van der Waals surface area contributed by atoms with Crippen molar-refractivity contribution < 1.29 is 9.53 Å². The summed E-state index contributed by atoms with van der Waals surface area (Å²) in [6.07, 6.45) is 3.58. The molecule has 0 aliphatic carbocycles. The molecular formula is C8H14N2O2. The van der Waals surface area contributed by atoms with Crippen molar-refractivity contribution in [2.75, 3.05) is 0 Å². The van der Waals surface area contributed by atoms with Crippen molar-refractivity contribution in [3.63, 3.8) is 0 Å². The molecule has 4 nitrogen and oxygen atoms in total. The highest BCUT2D eigenvalue weighted by atomic mass is 16.5. The van der Waals surface area contributed by atoms with E-state index < -0.39 is 5.54 Å². The smallest absolute Gasteiger partial charge is 0.237 e. The summed E-state index contributed by atoms with van der Waals surface area (Å²) in [4.78, 5) is 11.0. The van der Waals surface area contributed by atoms with Gasteiger partial charge in [0.2, 0.25) is 5.91 Å². The number of primary amides is 1. The first-order valence-corrected chi connectivity index (χ1v) is 4.34. The van der Waals surface area contributed by atoms with Crippen LogP contribution in [0.3, 0.4) is 0 Å². The summed E-state index contributed by atoms with van der Waals surface area (Å²) in [5, 5.41) is 0. The van der Waals surface area contributed by atoms with Crippen LogP contribution in [0.25, 0.3) is 0 Å². The van der Waals surface area contributed by atoms with Crippen LogP contribution in [0.1, 0.15) is 25.7 Å². The quantitative estimate of drug-likeness (QED) is 0.557. The van der Waals surface area contributed by atoms with Crippen LogP contribution in [0, 0.1) is 0 Å². The maximum absolute atomic E-state index is 11.0. The van der Waals surface area contributed by atoms with Crippen LogP contribution in [-0.2, 0) is 9.53 Å². The summed E-state index contributed by atoms with van der Waals surface area (Å²) in [5.41, 5.74) is 10.3. The lowest BCUT2D eigenvalue weighted by molar-refractivity contribution is -0.129. The fraction of sp³-hybridized carbons (Fsp3) is 0.875. The first-order chi connectivity index (χ1) is 5.60. The molecule has 2 bridgehead atoms. The first-order valence-electron chi connectivity index (χ1n) is 4.34. The van der Waals surface area contributed by atoms with E-state index >= 15 is 0 Å². The zero-order valence-electron chi connectivity index (χ0n) is 6.95. The standard InChI is InChI=1S/C8H14N2O2/c9-7(11)8(10)3-5-1-2-6(4-8)12-5/h5-6H,1-4,10H2,(H2,9,11). The van der Waals surface area contributed by atoms with Crippen LogP contribution >= 0.6 is 0 Å². The molecule has 2 rings (SSSR count). The number of ether oxygens (including phenoxy) is 1. The molecule has 2 aliphatic rings. The summed E-state index contributed by atoms with van der Waals surface area (Å²) in [6.45, 7) is 0. The number of carbonyl (C=O) groups excluding carboxylic acids is 1. The average molecular weight is 170 g/mol. The fourth-order valence-corrected chi connectivity index (χ4v) is 2.18. The third-order valence-corrected chi connectivity index (χ3v) is 2.87. The second kappa shape index (κ2) is 2.44. The molecule has 2 aliphatic heterocycles. The maximum Gasteiger partial charge on any atom is 0.237 e. The van der Waals surface area contributed by atoms with Crippen molar-refractivity contribution >= 4 is 5.91 Å². The van der Waals surface area contributed by atoms with Crippen LogP contribution in [0.4, 0.5) is 0 Å². The number of rotatable bonds is 1. The fourth-order valence-electron chi connectivity index (χ4n) is 2.18. The molecule has 0 aromatic carbocycles.